The van der Waals surface area contributed by atoms with Gasteiger partial charge in [0.15, 0.2) is 0 Å². The van der Waals surface area contributed by atoms with Crippen molar-refractivity contribution in [3.8, 4) is 0 Å². The molecule has 1 rings (SSSR count). The third kappa shape index (κ3) is 7.77. The van der Waals surface area contributed by atoms with Crippen molar-refractivity contribution in [2.45, 2.75) is 77.8 Å². The zero-order valence-electron chi connectivity index (χ0n) is 12.2. The quantitative estimate of drug-likeness (QED) is 0.557. The minimum atomic E-state index is 0.711. The highest BCUT2D eigenvalue weighted by molar-refractivity contribution is 4.80. The van der Waals surface area contributed by atoms with Gasteiger partial charge in [0, 0.05) is 12.1 Å². The van der Waals surface area contributed by atoms with Crippen molar-refractivity contribution in [3.05, 3.63) is 0 Å². The molecule has 0 aromatic rings. The zero-order valence-corrected chi connectivity index (χ0v) is 12.2. The monoisotopic (exact) mass is 240 g/mol. The normalized spacial score (nSPS) is 16.1. The van der Waals surface area contributed by atoms with E-state index in [0.717, 1.165) is 6.04 Å². The first-order chi connectivity index (χ1) is 8.24. The molecule has 0 radical (unpaired) electrons. The highest BCUT2D eigenvalue weighted by Crippen LogP contribution is 2.18. The molecule has 1 aliphatic carbocycles. The fourth-order valence-electron chi connectivity index (χ4n) is 2.23. The molecule has 0 aliphatic heterocycles. The molecule has 1 N–H and O–H groups in total. The standard InChI is InChI=1S/C15H32N2/c1-4-5-7-12-17(14(2)3)13-8-6-11-16-15-9-10-15/h14-16H,4-13H2,1-3H3. The van der Waals surface area contributed by atoms with E-state index in [0.29, 0.717) is 6.04 Å². The molecule has 2 heteroatoms. The summed E-state index contributed by atoms with van der Waals surface area (Å²) in [5.41, 5.74) is 0. The van der Waals surface area contributed by atoms with Crippen LogP contribution in [0, 0.1) is 0 Å². The molecule has 102 valence electrons. The van der Waals surface area contributed by atoms with Gasteiger partial charge in [0.25, 0.3) is 0 Å². The molecule has 0 aromatic carbocycles. The van der Waals surface area contributed by atoms with Crippen LogP contribution < -0.4 is 5.32 Å². The lowest BCUT2D eigenvalue weighted by atomic mass is 10.2. The van der Waals surface area contributed by atoms with Gasteiger partial charge in [-0.1, -0.05) is 19.8 Å². The summed E-state index contributed by atoms with van der Waals surface area (Å²) < 4.78 is 0. The van der Waals surface area contributed by atoms with Crippen molar-refractivity contribution in [2.24, 2.45) is 0 Å². The van der Waals surface area contributed by atoms with E-state index in [-0.39, 0.29) is 0 Å². The van der Waals surface area contributed by atoms with Gasteiger partial charge in [-0.25, -0.2) is 0 Å². The summed E-state index contributed by atoms with van der Waals surface area (Å²) >= 11 is 0. The van der Waals surface area contributed by atoms with Gasteiger partial charge in [-0.2, -0.15) is 0 Å². The summed E-state index contributed by atoms with van der Waals surface area (Å²) in [6.07, 6.45) is 9.60. The van der Waals surface area contributed by atoms with Crippen molar-refractivity contribution < 1.29 is 0 Å². The molecule has 0 saturated heterocycles. The van der Waals surface area contributed by atoms with Crippen LogP contribution in [0.4, 0.5) is 0 Å². The summed E-state index contributed by atoms with van der Waals surface area (Å²) in [5.74, 6) is 0. The van der Waals surface area contributed by atoms with Gasteiger partial charge in [-0.05, 0) is 65.6 Å². The largest absolute Gasteiger partial charge is 0.314 e. The average molecular weight is 240 g/mol. The molecular formula is C15H32N2. The predicted molar refractivity (Wildman–Crippen MR) is 76.5 cm³/mol. The molecule has 2 nitrogen and oxygen atoms in total. The Morgan fingerprint density at radius 2 is 1.71 bits per heavy atom. The van der Waals surface area contributed by atoms with E-state index in [1.165, 1.54) is 64.6 Å². The summed E-state index contributed by atoms with van der Waals surface area (Å²) in [4.78, 5) is 2.65. The van der Waals surface area contributed by atoms with Crippen LogP contribution in [0.25, 0.3) is 0 Å². The van der Waals surface area contributed by atoms with Gasteiger partial charge >= 0.3 is 0 Å². The zero-order chi connectivity index (χ0) is 12.5. The van der Waals surface area contributed by atoms with Crippen molar-refractivity contribution in [1.29, 1.82) is 0 Å². The number of hydrogen-bond donors (Lipinski definition) is 1. The molecule has 0 heterocycles. The first kappa shape index (κ1) is 15.0. The Morgan fingerprint density at radius 1 is 1.06 bits per heavy atom. The average Bonchev–Trinajstić information content (AvgIpc) is 3.10. The van der Waals surface area contributed by atoms with Crippen LogP contribution >= 0.6 is 0 Å². The summed E-state index contributed by atoms with van der Waals surface area (Å²) in [6, 6.07) is 1.59. The van der Waals surface area contributed by atoms with Crippen LogP contribution in [0.15, 0.2) is 0 Å². The van der Waals surface area contributed by atoms with Crippen molar-refractivity contribution in [1.82, 2.24) is 10.2 Å². The van der Waals surface area contributed by atoms with Crippen molar-refractivity contribution in [2.75, 3.05) is 19.6 Å². The number of rotatable bonds is 11. The highest BCUT2D eigenvalue weighted by atomic mass is 15.1. The van der Waals surface area contributed by atoms with E-state index in [4.69, 9.17) is 0 Å². The third-order valence-electron chi connectivity index (χ3n) is 3.66. The second-order valence-corrected chi connectivity index (χ2v) is 5.77. The second kappa shape index (κ2) is 8.93. The Bertz CT molecular complexity index is 176. The number of nitrogens with one attached hydrogen (secondary N) is 1. The van der Waals surface area contributed by atoms with E-state index in [2.05, 4.69) is 31.0 Å². The van der Waals surface area contributed by atoms with Crippen LogP contribution in [-0.2, 0) is 0 Å². The SMILES string of the molecule is CCCCCN(CCCCNC1CC1)C(C)C. The van der Waals surface area contributed by atoms with E-state index in [1.807, 2.05) is 0 Å². The predicted octanol–water partition coefficient (Wildman–Crippen LogP) is 3.42. The molecule has 1 saturated carbocycles. The first-order valence-corrected chi connectivity index (χ1v) is 7.71. The molecule has 0 amide bonds. The molecule has 0 unspecified atom stereocenters. The van der Waals surface area contributed by atoms with E-state index in [9.17, 15) is 0 Å². The molecule has 0 bridgehead atoms. The summed E-state index contributed by atoms with van der Waals surface area (Å²) in [5, 5.41) is 3.59. The molecule has 1 fully saturated rings. The van der Waals surface area contributed by atoms with Gasteiger partial charge in [-0.3, -0.25) is 0 Å². The van der Waals surface area contributed by atoms with Crippen molar-refractivity contribution >= 4 is 0 Å². The van der Waals surface area contributed by atoms with Gasteiger partial charge in [0.05, 0.1) is 0 Å². The van der Waals surface area contributed by atoms with Crippen LogP contribution in [0.3, 0.4) is 0 Å². The Balaban J connectivity index is 1.97. The van der Waals surface area contributed by atoms with E-state index >= 15 is 0 Å². The molecule has 17 heavy (non-hydrogen) atoms. The Labute approximate surface area is 108 Å². The smallest absolute Gasteiger partial charge is 0.00682 e. The Morgan fingerprint density at radius 3 is 2.24 bits per heavy atom. The third-order valence-corrected chi connectivity index (χ3v) is 3.66. The maximum absolute atomic E-state index is 3.59. The van der Waals surface area contributed by atoms with Crippen LogP contribution in [-0.4, -0.2) is 36.6 Å². The maximum Gasteiger partial charge on any atom is 0.00682 e. The molecule has 0 spiro atoms. The summed E-state index contributed by atoms with van der Waals surface area (Å²) in [6.45, 7) is 10.7. The summed E-state index contributed by atoms with van der Waals surface area (Å²) in [7, 11) is 0. The Hall–Kier alpha value is -0.0800. The van der Waals surface area contributed by atoms with E-state index < -0.39 is 0 Å². The fourth-order valence-corrected chi connectivity index (χ4v) is 2.23. The van der Waals surface area contributed by atoms with Gasteiger partial charge in [0.2, 0.25) is 0 Å². The van der Waals surface area contributed by atoms with Crippen LogP contribution in [0.1, 0.15) is 65.7 Å². The van der Waals surface area contributed by atoms with Gasteiger partial charge in [-0.15, -0.1) is 0 Å². The molecular weight excluding hydrogens is 208 g/mol. The van der Waals surface area contributed by atoms with Gasteiger partial charge in [0.1, 0.15) is 0 Å². The fraction of sp³-hybridized carbons (Fsp3) is 1.00. The Kier molecular flexibility index (Phi) is 7.87. The van der Waals surface area contributed by atoms with E-state index in [1.54, 1.807) is 0 Å². The number of hydrogen-bond acceptors (Lipinski definition) is 2. The number of nitrogens with zero attached hydrogens (tertiary/aromatic N) is 1. The lowest BCUT2D eigenvalue weighted by molar-refractivity contribution is 0.213. The van der Waals surface area contributed by atoms with Gasteiger partial charge < -0.3 is 10.2 Å². The van der Waals surface area contributed by atoms with Crippen LogP contribution in [0.2, 0.25) is 0 Å². The molecule has 0 aromatic heterocycles. The van der Waals surface area contributed by atoms with Crippen molar-refractivity contribution in [3.63, 3.8) is 0 Å². The maximum atomic E-state index is 3.59. The number of unbranched alkanes of at least 4 members (excludes halogenated alkanes) is 3. The highest BCUT2D eigenvalue weighted by Gasteiger charge is 2.19. The minimum absolute atomic E-state index is 0.711. The lowest BCUT2D eigenvalue weighted by Gasteiger charge is -2.26. The first-order valence-electron chi connectivity index (χ1n) is 7.71. The van der Waals surface area contributed by atoms with Crippen LogP contribution in [0.5, 0.6) is 0 Å². The second-order valence-electron chi connectivity index (χ2n) is 5.77. The topological polar surface area (TPSA) is 15.3 Å². The lowest BCUT2D eigenvalue weighted by Crippen LogP contribution is -2.33. The molecule has 1 aliphatic rings. The molecule has 0 atom stereocenters. The minimum Gasteiger partial charge on any atom is -0.314 e.